The van der Waals surface area contributed by atoms with Gasteiger partial charge in [-0.25, -0.2) is 4.39 Å². The first-order chi connectivity index (χ1) is 6.27. The summed E-state index contributed by atoms with van der Waals surface area (Å²) in [5.41, 5.74) is 2.03. The Balaban J connectivity index is 2.32. The molecule has 0 fully saturated rings. The quantitative estimate of drug-likeness (QED) is 0.628. The van der Waals surface area contributed by atoms with Crippen molar-refractivity contribution in [2.45, 2.75) is 13.0 Å². The average molecular weight is 176 g/mol. The molecule has 13 heavy (non-hydrogen) atoms. The van der Waals surface area contributed by atoms with Gasteiger partial charge in [-0.2, -0.15) is 10.2 Å². The van der Waals surface area contributed by atoms with Gasteiger partial charge in [-0.15, -0.1) is 0 Å². The number of benzene rings is 1. The molecule has 1 heterocycles. The van der Waals surface area contributed by atoms with E-state index in [2.05, 4.69) is 10.2 Å². The number of nitrogens with zero attached hydrogens (tertiary/aromatic N) is 2. The lowest BCUT2D eigenvalue weighted by atomic mass is 10.0. The van der Waals surface area contributed by atoms with Gasteiger partial charge in [0.05, 0.1) is 12.2 Å². The van der Waals surface area contributed by atoms with Crippen LogP contribution in [0.3, 0.4) is 0 Å². The molecule has 0 spiro atoms. The molecule has 1 aliphatic heterocycles. The van der Waals surface area contributed by atoms with Gasteiger partial charge in [0.25, 0.3) is 0 Å². The maximum Gasteiger partial charge on any atom is 0.123 e. The minimum absolute atomic E-state index is 0.0884. The van der Waals surface area contributed by atoms with Crippen LogP contribution in [-0.2, 0) is 0 Å². The van der Waals surface area contributed by atoms with Crippen LogP contribution in [0.1, 0.15) is 12.5 Å². The Hall–Kier alpha value is -1.51. The Bertz CT molecular complexity index is 365. The second kappa shape index (κ2) is 3.09. The van der Waals surface area contributed by atoms with Gasteiger partial charge in [0.2, 0.25) is 0 Å². The zero-order chi connectivity index (χ0) is 9.26. The molecule has 0 aliphatic carbocycles. The summed E-state index contributed by atoms with van der Waals surface area (Å²) >= 11 is 0. The van der Waals surface area contributed by atoms with Crippen molar-refractivity contribution >= 4 is 5.57 Å². The fraction of sp³-hybridized carbons (Fsp3) is 0.200. The lowest BCUT2D eigenvalue weighted by molar-refractivity contribution is 0.627. The molecule has 0 saturated carbocycles. The van der Waals surface area contributed by atoms with E-state index in [9.17, 15) is 4.39 Å². The maximum absolute atomic E-state index is 12.6. The lowest BCUT2D eigenvalue weighted by Crippen LogP contribution is -1.97. The Labute approximate surface area is 75.8 Å². The summed E-state index contributed by atoms with van der Waals surface area (Å²) in [6.07, 6.45) is 1.72. The second-order valence-corrected chi connectivity index (χ2v) is 3.00. The number of hydrogen-bond donors (Lipinski definition) is 0. The van der Waals surface area contributed by atoms with Crippen molar-refractivity contribution in [3.05, 3.63) is 41.8 Å². The van der Waals surface area contributed by atoms with Crippen molar-refractivity contribution in [3.8, 4) is 0 Å². The van der Waals surface area contributed by atoms with Crippen LogP contribution in [0.5, 0.6) is 0 Å². The number of azo groups is 1. The zero-order valence-electron chi connectivity index (χ0n) is 7.24. The molecular formula is C10H9FN2. The summed E-state index contributed by atoms with van der Waals surface area (Å²) in [6.45, 7) is 1.96. The van der Waals surface area contributed by atoms with Crippen molar-refractivity contribution in [1.29, 1.82) is 0 Å². The summed E-state index contributed by atoms with van der Waals surface area (Å²) in [4.78, 5) is 0. The Kier molecular flexibility index (Phi) is 1.93. The Morgan fingerprint density at radius 1 is 1.23 bits per heavy atom. The molecule has 1 unspecified atom stereocenters. The van der Waals surface area contributed by atoms with Crippen LogP contribution in [0, 0.1) is 5.82 Å². The monoisotopic (exact) mass is 176 g/mol. The van der Waals surface area contributed by atoms with Crippen LogP contribution in [0.4, 0.5) is 4.39 Å². The molecule has 1 aliphatic rings. The van der Waals surface area contributed by atoms with Gasteiger partial charge in [0.15, 0.2) is 0 Å². The lowest BCUT2D eigenvalue weighted by Gasteiger charge is -2.04. The maximum atomic E-state index is 12.6. The normalized spacial score (nSPS) is 20.5. The molecule has 0 saturated heterocycles. The molecule has 2 rings (SSSR count). The summed E-state index contributed by atoms with van der Waals surface area (Å²) in [5, 5.41) is 7.77. The van der Waals surface area contributed by atoms with Gasteiger partial charge in [-0.05, 0) is 24.6 Å². The van der Waals surface area contributed by atoms with E-state index in [1.165, 1.54) is 12.1 Å². The highest BCUT2D eigenvalue weighted by molar-refractivity contribution is 5.70. The van der Waals surface area contributed by atoms with Gasteiger partial charge >= 0.3 is 0 Å². The van der Waals surface area contributed by atoms with E-state index in [0.29, 0.717) is 0 Å². The number of rotatable bonds is 1. The van der Waals surface area contributed by atoms with Crippen molar-refractivity contribution in [2.75, 3.05) is 0 Å². The van der Waals surface area contributed by atoms with Gasteiger partial charge in [0, 0.05) is 5.57 Å². The zero-order valence-corrected chi connectivity index (χ0v) is 7.24. The van der Waals surface area contributed by atoms with Crippen LogP contribution in [0.15, 0.2) is 40.7 Å². The highest BCUT2D eigenvalue weighted by atomic mass is 19.1. The molecule has 2 nitrogen and oxygen atoms in total. The standard InChI is InChI=1S/C10H9FN2/c1-7-10(6-12-13-7)8-2-4-9(11)5-3-8/h2-7H,1H3. The summed E-state index contributed by atoms with van der Waals surface area (Å²) in [6, 6.07) is 6.47. The van der Waals surface area contributed by atoms with Crippen LogP contribution >= 0.6 is 0 Å². The number of hydrogen-bond acceptors (Lipinski definition) is 2. The van der Waals surface area contributed by atoms with Crippen molar-refractivity contribution in [3.63, 3.8) is 0 Å². The molecule has 0 N–H and O–H groups in total. The van der Waals surface area contributed by atoms with Gasteiger partial charge in [-0.3, -0.25) is 0 Å². The highest BCUT2D eigenvalue weighted by Crippen LogP contribution is 2.25. The third kappa shape index (κ3) is 1.49. The first kappa shape index (κ1) is 8.10. The summed E-state index contributed by atoms with van der Waals surface area (Å²) in [7, 11) is 0. The van der Waals surface area contributed by atoms with Crippen LogP contribution in [0.25, 0.3) is 5.57 Å². The van der Waals surface area contributed by atoms with E-state index in [0.717, 1.165) is 11.1 Å². The molecule has 0 aromatic heterocycles. The molecule has 66 valence electrons. The number of halogens is 1. The summed E-state index contributed by atoms with van der Waals surface area (Å²) < 4.78 is 12.6. The molecule has 0 amide bonds. The van der Waals surface area contributed by atoms with E-state index >= 15 is 0 Å². The van der Waals surface area contributed by atoms with Crippen molar-refractivity contribution < 1.29 is 4.39 Å². The van der Waals surface area contributed by atoms with E-state index in [-0.39, 0.29) is 11.9 Å². The van der Waals surface area contributed by atoms with Crippen molar-refractivity contribution in [2.24, 2.45) is 10.2 Å². The van der Waals surface area contributed by atoms with Gasteiger partial charge < -0.3 is 0 Å². The smallest absolute Gasteiger partial charge is 0.123 e. The van der Waals surface area contributed by atoms with E-state index in [1.807, 2.05) is 6.92 Å². The minimum atomic E-state index is -0.219. The largest absolute Gasteiger partial charge is 0.207 e. The second-order valence-electron chi connectivity index (χ2n) is 3.00. The third-order valence-electron chi connectivity index (χ3n) is 2.06. The minimum Gasteiger partial charge on any atom is -0.207 e. The van der Waals surface area contributed by atoms with Gasteiger partial charge in [0.1, 0.15) is 5.82 Å². The highest BCUT2D eigenvalue weighted by Gasteiger charge is 2.13. The average Bonchev–Trinajstić information content (AvgIpc) is 2.53. The SMILES string of the molecule is CC1N=NC=C1c1ccc(F)cc1. The van der Waals surface area contributed by atoms with E-state index in [4.69, 9.17) is 0 Å². The molecule has 0 bridgehead atoms. The van der Waals surface area contributed by atoms with Crippen molar-refractivity contribution in [1.82, 2.24) is 0 Å². The molecule has 0 radical (unpaired) electrons. The van der Waals surface area contributed by atoms with Crippen LogP contribution in [-0.4, -0.2) is 6.04 Å². The van der Waals surface area contributed by atoms with E-state index < -0.39 is 0 Å². The predicted molar refractivity (Wildman–Crippen MR) is 48.7 cm³/mol. The molecule has 1 aromatic carbocycles. The predicted octanol–water partition coefficient (Wildman–Crippen LogP) is 3.02. The molecule has 1 aromatic rings. The van der Waals surface area contributed by atoms with Gasteiger partial charge in [-0.1, -0.05) is 12.1 Å². The fourth-order valence-electron chi connectivity index (χ4n) is 1.32. The molecule has 1 atom stereocenters. The topological polar surface area (TPSA) is 24.7 Å². The third-order valence-corrected chi connectivity index (χ3v) is 2.06. The Morgan fingerprint density at radius 2 is 1.92 bits per heavy atom. The van der Waals surface area contributed by atoms with E-state index in [1.54, 1.807) is 18.3 Å². The van der Waals surface area contributed by atoms with Crippen LogP contribution < -0.4 is 0 Å². The first-order valence-electron chi connectivity index (χ1n) is 4.13. The van der Waals surface area contributed by atoms with Crippen LogP contribution in [0.2, 0.25) is 0 Å². The summed E-state index contributed by atoms with van der Waals surface area (Å²) in [5.74, 6) is -0.219. The first-order valence-corrected chi connectivity index (χ1v) is 4.13. The Morgan fingerprint density at radius 3 is 2.46 bits per heavy atom. The molecule has 3 heteroatoms. The molecular weight excluding hydrogens is 167 g/mol. The fourth-order valence-corrected chi connectivity index (χ4v) is 1.32.